The highest BCUT2D eigenvalue weighted by molar-refractivity contribution is 5.92. The minimum atomic E-state index is -0.135. The normalized spacial score (nSPS) is 10.8. The molecule has 2 rings (SSSR count). The number of aromatic amines is 2. The van der Waals surface area contributed by atoms with E-state index in [-0.39, 0.29) is 5.91 Å². The number of H-pyrrole nitrogens is 2. The first kappa shape index (κ1) is 11.0. The van der Waals surface area contributed by atoms with Gasteiger partial charge in [0.2, 0.25) is 0 Å². The summed E-state index contributed by atoms with van der Waals surface area (Å²) in [5, 5.41) is 2.74. The standard InChI is InChI=1S/C11H13N5O/c12-11-15-7-8(16-11)3-1-6-14-10(17)9-4-2-5-13-9/h1-5,7,13H,6H2,(H,14,17)(H3,12,15,16)/b3-1+. The van der Waals surface area contributed by atoms with Gasteiger partial charge in [-0.1, -0.05) is 6.08 Å². The molecule has 0 saturated carbocycles. The SMILES string of the molecule is Nc1ncc(/C=C/CNC(=O)c2ccc[nH]2)[nH]1. The number of rotatable bonds is 4. The number of carbonyl (C=O) groups is 1. The third kappa shape index (κ3) is 2.97. The van der Waals surface area contributed by atoms with Crippen LogP contribution in [0.2, 0.25) is 0 Å². The number of carbonyl (C=O) groups excluding carboxylic acids is 1. The number of hydrogen-bond donors (Lipinski definition) is 4. The highest BCUT2D eigenvalue weighted by Gasteiger charge is 2.02. The number of imidazole rings is 1. The van der Waals surface area contributed by atoms with Gasteiger partial charge >= 0.3 is 0 Å². The summed E-state index contributed by atoms with van der Waals surface area (Å²) in [7, 11) is 0. The van der Waals surface area contributed by atoms with Crippen LogP contribution in [0.15, 0.2) is 30.6 Å². The van der Waals surface area contributed by atoms with E-state index in [1.54, 1.807) is 30.6 Å². The number of nitrogens with zero attached hydrogens (tertiary/aromatic N) is 1. The number of amides is 1. The Morgan fingerprint density at radius 1 is 1.59 bits per heavy atom. The molecule has 0 atom stereocenters. The van der Waals surface area contributed by atoms with Gasteiger partial charge in [0.15, 0.2) is 5.95 Å². The van der Waals surface area contributed by atoms with Gasteiger partial charge in [0.1, 0.15) is 5.69 Å². The molecule has 88 valence electrons. The van der Waals surface area contributed by atoms with Crippen molar-refractivity contribution in [1.82, 2.24) is 20.3 Å². The first-order valence-electron chi connectivity index (χ1n) is 5.14. The number of anilines is 1. The van der Waals surface area contributed by atoms with E-state index in [4.69, 9.17) is 5.73 Å². The predicted molar refractivity (Wildman–Crippen MR) is 65.2 cm³/mol. The monoisotopic (exact) mass is 231 g/mol. The van der Waals surface area contributed by atoms with Crippen molar-refractivity contribution < 1.29 is 4.79 Å². The highest BCUT2D eigenvalue weighted by Crippen LogP contribution is 1.99. The molecule has 0 fully saturated rings. The van der Waals surface area contributed by atoms with E-state index in [1.165, 1.54) is 0 Å². The Labute approximate surface area is 97.9 Å². The van der Waals surface area contributed by atoms with Gasteiger partial charge < -0.3 is 21.0 Å². The molecular formula is C11H13N5O. The Balaban J connectivity index is 1.80. The van der Waals surface area contributed by atoms with E-state index < -0.39 is 0 Å². The summed E-state index contributed by atoms with van der Waals surface area (Å²) in [5.74, 6) is 0.240. The Morgan fingerprint density at radius 3 is 3.12 bits per heavy atom. The maximum Gasteiger partial charge on any atom is 0.267 e. The van der Waals surface area contributed by atoms with Crippen LogP contribution >= 0.6 is 0 Å². The molecule has 0 bridgehead atoms. The molecule has 17 heavy (non-hydrogen) atoms. The van der Waals surface area contributed by atoms with Gasteiger partial charge in [-0.15, -0.1) is 0 Å². The summed E-state index contributed by atoms with van der Waals surface area (Å²) < 4.78 is 0. The lowest BCUT2D eigenvalue weighted by molar-refractivity contribution is 0.0953. The molecule has 0 aliphatic carbocycles. The van der Waals surface area contributed by atoms with Gasteiger partial charge in [-0.05, 0) is 18.2 Å². The van der Waals surface area contributed by atoms with Crippen LogP contribution in [0.25, 0.3) is 6.08 Å². The zero-order valence-corrected chi connectivity index (χ0v) is 9.10. The summed E-state index contributed by atoms with van der Waals surface area (Å²) in [6.07, 6.45) is 6.95. The van der Waals surface area contributed by atoms with Gasteiger partial charge in [0.25, 0.3) is 5.91 Å². The van der Waals surface area contributed by atoms with Crippen molar-refractivity contribution in [3.05, 3.63) is 42.0 Å². The Morgan fingerprint density at radius 2 is 2.47 bits per heavy atom. The van der Waals surface area contributed by atoms with Crippen molar-refractivity contribution in [3.8, 4) is 0 Å². The van der Waals surface area contributed by atoms with Crippen LogP contribution in [-0.2, 0) is 0 Å². The Bertz CT molecular complexity index is 512. The third-order valence-corrected chi connectivity index (χ3v) is 2.14. The topological polar surface area (TPSA) is 99.6 Å². The zero-order valence-electron chi connectivity index (χ0n) is 9.10. The van der Waals surface area contributed by atoms with Gasteiger partial charge in [0, 0.05) is 12.7 Å². The van der Waals surface area contributed by atoms with E-state index in [0.29, 0.717) is 18.2 Å². The van der Waals surface area contributed by atoms with E-state index in [2.05, 4.69) is 20.3 Å². The highest BCUT2D eigenvalue weighted by atomic mass is 16.1. The van der Waals surface area contributed by atoms with E-state index >= 15 is 0 Å². The van der Waals surface area contributed by atoms with Crippen molar-refractivity contribution in [3.63, 3.8) is 0 Å². The maximum atomic E-state index is 11.5. The van der Waals surface area contributed by atoms with Gasteiger partial charge in [-0.3, -0.25) is 4.79 Å². The first-order chi connectivity index (χ1) is 8.25. The largest absolute Gasteiger partial charge is 0.369 e. The first-order valence-corrected chi connectivity index (χ1v) is 5.14. The molecule has 0 aliphatic rings. The van der Waals surface area contributed by atoms with Gasteiger partial charge in [-0.2, -0.15) is 0 Å². The lowest BCUT2D eigenvalue weighted by Gasteiger charge is -1.98. The molecule has 5 N–H and O–H groups in total. The van der Waals surface area contributed by atoms with Crippen LogP contribution in [0.1, 0.15) is 16.2 Å². The van der Waals surface area contributed by atoms with Gasteiger partial charge in [0.05, 0.1) is 11.9 Å². The fourth-order valence-electron chi connectivity index (χ4n) is 1.34. The molecule has 0 saturated heterocycles. The summed E-state index contributed by atoms with van der Waals surface area (Å²) in [5.41, 5.74) is 6.77. The third-order valence-electron chi connectivity index (χ3n) is 2.14. The fourth-order valence-corrected chi connectivity index (χ4v) is 1.34. The molecule has 6 heteroatoms. The second-order valence-corrected chi connectivity index (χ2v) is 3.42. The summed E-state index contributed by atoms with van der Waals surface area (Å²) in [6.45, 7) is 0.441. The molecular weight excluding hydrogens is 218 g/mol. The minimum absolute atomic E-state index is 0.135. The van der Waals surface area contributed by atoms with E-state index in [0.717, 1.165) is 5.69 Å². The van der Waals surface area contributed by atoms with Crippen LogP contribution in [0.3, 0.4) is 0 Å². The molecule has 0 radical (unpaired) electrons. The fraction of sp³-hybridized carbons (Fsp3) is 0.0909. The van der Waals surface area contributed by atoms with Crippen LogP contribution in [-0.4, -0.2) is 27.4 Å². The molecule has 0 aliphatic heterocycles. The lowest BCUT2D eigenvalue weighted by Crippen LogP contribution is -2.23. The second-order valence-electron chi connectivity index (χ2n) is 3.42. The van der Waals surface area contributed by atoms with Crippen LogP contribution in [0, 0.1) is 0 Å². The van der Waals surface area contributed by atoms with Crippen LogP contribution < -0.4 is 11.1 Å². The lowest BCUT2D eigenvalue weighted by atomic mass is 10.4. The van der Waals surface area contributed by atoms with Crippen LogP contribution in [0.5, 0.6) is 0 Å². The van der Waals surface area contributed by atoms with E-state index in [1.807, 2.05) is 6.08 Å². The van der Waals surface area contributed by atoms with Crippen molar-refractivity contribution in [2.45, 2.75) is 0 Å². The van der Waals surface area contributed by atoms with Crippen LogP contribution in [0.4, 0.5) is 5.95 Å². The van der Waals surface area contributed by atoms with Gasteiger partial charge in [-0.25, -0.2) is 4.98 Å². The molecule has 2 aromatic rings. The smallest absolute Gasteiger partial charge is 0.267 e. The number of nitrogens with one attached hydrogen (secondary N) is 3. The van der Waals surface area contributed by atoms with Crippen molar-refractivity contribution >= 4 is 17.9 Å². The molecule has 1 amide bonds. The Hall–Kier alpha value is -2.50. The molecule has 2 aromatic heterocycles. The summed E-state index contributed by atoms with van der Waals surface area (Å²) in [6, 6.07) is 3.49. The average molecular weight is 231 g/mol. The zero-order chi connectivity index (χ0) is 12.1. The molecule has 0 spiro atoms. The van der Waals surface area contributed by atoms with Crippen molar-refractivity contribution in [2.75, 3.05) is 12.3 Å². The van der Waals surface area contributed by atoms with Crippen molar-refractivity contribution in [1.29, 1.82) is 0 Å². The maximum absolute atomic E-state index is 11.5. The number of aromatic nitrogens is 3. The summed E-state index contributed by atoms with van der Waals surface area (Å²) >= 11 is 0. The Kier molecular flexibility index (Phi) is 3.25. The molecule has 6 nitrogen and oxygen atoms in total. The predicted octanol–water partition coefficient (Wildman–Crippen LogP) is 0.763. The second kappa shape index (κ2) is 5.02. The number of hydrogen-bond acceptors (Lipinski definition) is 3. The van der Waals surface area contributed by atoms with E-state index in [9.17, 15) is 4.79 Å². The number of nitrogens with two attached hydrogens (primary N) is 1. The quantitative estimate of drug-likeness (QED) is 0.625. The minimum Gasteiger partial charge on any atom is -0.369 e. The molecule has 0 unspecified atom stereocenters. The number of nitrogen functional groups attached to an aromatic ring is 1. The average Bonchev–Trinajstić information content (AvgIpc) is 2.95. The van der Waals surface area contributed by atoms with Crippen molar-refractivity contribution in [2.24, 2.45) is 0 Å². The molecule has 2 heterocycles. The summed E-state index contributed by atoms with van der Waals surface area (Å²) in [4.78, 5) is 21.0. The molecule has 0 aromatic carbocycles.